The zero-order valence-corrected chi connectivity index (χ0v) is 27.8. The fourth-order valence-electron chi connectivity index (χ4n) is 4.63. The molecule has 5 N–H and O–H groups in total. The lowest BCUT2D eigenvalue weighted by Crippen LogP contribution is -2.37. The summed E-state index contributed by atoms with van der Waals surface area (Å²) in [6.45, 7) is 6.42. The van der Waals surface area contributed by atoms with Gasteiger partial charge in [0.1, 0.15) is 30.2 Å². The fourth-order valence-corrected chi connectivity index (χ4v) is 5.07. The second kappa shape index (κ2) is 18.2. The van der Waals surface area contributed by atoms with E-state index in [1.54, 1.807) is 6.08 Å². The molecule has 0 aromatic carbocycles. The normalized spacial score (nSPS) is 23.1. The first-order valence-electron chi connectivity index (χ1n) is 14.4. The van der Waals surface area contributed by atoms with Crippen LogP contribution < -0.4 is 27.8 Å². The van der Waals surface area contributed by atoms with Gasteiger partial charge in [-0.25, -0.2) is 9.59 Å². The molecule has 6 unspecified atom stereocenters. The minimum atomic E-state index is -5.04. The molecule has 2 aliphatic rings. The number of nitrogens with zero attached hydrogens (tertiary/aromatic N) is 2. The fraction of sp³-hybridized carbons (Fsp3) is 0.483. The van der Waals surface area contributed by atoms with Crippen LogP contribution in [0.1, 0.15) is 30.9 Å². The highest BCUT2D eigenvalue weighted by Crippen LogP contribution is 2.30. The van der Waals surface area contributed by atoms with Crippen LogP contribution in [-0.2, 0) is 23.7 Å². The number of aromatic nitrogens is 4. The molecule has 6 atom stereocenters. The van der Waals surface area contributed by atoms with E-state index in [4.69, 9.17) is 18.9 Å². The summed E-state index contributed by atoms with van der Waals surface area (Å²) in [6, 6.07) is 0. The number of hydrogen-bond acceptors (Lipinski definition) is 11. The number of carbonyl (C=O) groups is 1. The number of ether oxygens (including phenoxy) is 4. The Kier molecular flexibility index (Phi) is 14.7. The Morgan fingerprint density at radius 1 is 0.959 bits per heavy atom. The number of hydrogen-bond donors (Lipinski definition) is 5. The average Bonchev–Trinajstić information content (AvgIpc) is 3.67. The summed E-state index contributed by atoms with van der Waals surface area (Å²) in [5.74, 6) is 2.34. The molecule has 0 bridgehead atoms. The van der Waals surface area contributed by atoms with E-state index in [1.807, 2.05) is 27.6 Å². The Hall–Kier alpha value is -3.85. The SMILES string of the molecule is C=CCOC1CC(n2cc(C#CCNC(=O)C(F)(F)F)c(=O)[nH]c2=O)OC1CO.C=CCOC1CC(n2cc(I)c(=O)[nH]c2=O)OC1CO. The third kappa shape index (κ3) is 10.8. The third-order valence-electron chi connectivity index (χ3n) is 6.91. The maximum Gasteiger partial charge on any atom is 0.471 e. The van der Waals surface area contributed by atoms with Crippen LogP contribution in [0.4, 0.5) is 13.2 Å². The molecule has 2 aromatic heterocycles. The Morgan fingerprint density at radius 2 is 1.45 bits per heavy atom. The Balaban J connectivity index is 0.000000284. The molecule has 4 rings (SSSR count). The molecule has 0 aliphatic carbocycles. The standard InChI is InChI=1S/C17H18F3N3O6.C12H15IN2O5/c1-2-6-28-11-7-13(29-12(11)9-24)23-8-10(14(25)22-16(23)27)4-3-5-21-15(26)17(18,19)20;1-2-3-19-8-4-10(20-9(8)6-16)15-5-7(13)11(17)14-12(15)18/h2,8,11-13,24H,1,5-7,9H2,(H,21,26)(H,22,25,27);2,5,8-10,16H,1,3-4,6H2,(H,14,17,18). The molecule has 1 amide bonds. The third-order valence-corrected chi connectivity index (χ3v) is 7.68. The Labute approximate surface area is 288 Å². The van der Waals surface area contributed by atoms with Gasteiger partial charge in [0.2, 0.25) is 0 Å². The van der Waals surface area contributed by atoms with Gasteiger partial charge in [-0.15, -0.1) is 13.2 Å². The van der Waals surface area contributed by atoms with Crippen molar-refractivity contribution in [2.24, 2.45) is 0 Å². The first-order chi connectivity index (χ1) is 23.2. The van der Waals surface area contributed by atoms with E-state index in [-0.39, 0.29) is 37.9 Å². The van der Waals surface area contributed by atoms with Crippen LogP contribution in [-0.4, -0.2) is 98.8 Å². The predicted molar refractivity (Wildman–Crippen MR) is 172 cm³/mol. The summed E-state index contributed by atoms with van der Waals surface area (Å²) in [5, 5.41) is 20.2. The highest BCUT2D eigenvalue weighted by molar-refractivity contribution is 14.1. The van der Waals surface area contributed by atoms with Crippen molar-refractivity contribution in [3.8, 4) is 11.8 Å². The summed E-state index contributed by atoms with van der Waals surface area (Å²) in [7, 11) is 0. The molecule has 268 valence electrons. The van der Waals surface area contributed by atoms with Crippen molar-refractivity contribution in [1.29, 1.82) is 0 Å². The number of halogens is 4. The van der Waals surface area contributed by atoms with E-state index in [0.717, 1.165) is 10.8 Å². The first kappa shape index (κ1) is 39.6. The van der Waals surface area contributed by atoms with Gasteiger partial charge in [0, 0.05) is 25.2 Å². The number of alkyl halides is 3. The van der Waals surface area contributed by atoms with E-state index >= 15 is 0 Å². The van der Waals surface area contributed by atoms with Gasteiger partial charge in [-0.05, 0) is 22.6 Å². The summed E-state index contributed by atoms with van der Waals surface area (Å²) in [4.78, 5) is 62.1. The van der Waals surface area contributed by atoms with Gasteiger partial charge in [0.25, 0.3) is 11.1 Å². The molecule has 0 saturated carbocycles. The van der Waals surface area contributed by atoms with Crippen molar-refractivity contribution in [3.63, 3.8) is 0 Å². The van der Waals surface area contributed by atoms with Crippen molar-refractivity contribution in [1.82, 2.24) is 24.4 Å². The number of aromatic amines is 2. The number of aliphatic hydroxyl groups excluding tert-OH is 2. The van der Waals surface area contributed by atoms with Crippen LogP contribution in [0.15, 0.2) is 56.9 Å². The minimum absolute atomic E-state index is 0.194. The number of H-pyrrole nitrogens is 2. The lowest BCUT2D eigenvalue weighted by molar-refractivity contribution is -0.173. The minimum Gasteiger partial charge on any atom is -0.394 e. The van der Waals surface area contributed by atoms with E-state index in [1.165, 1.54) is 22.2 Å². The summed E-state index contributed by atoms with van der Waals surface area (Å²) < 4.78 is 61.2. The molecule has 2 aliphatic heterocycles. The quantitative estimate of drug-likeness (QED) is 0.110. The maximum absolute atomic E-state index is 12.1. The molecule has 20 heteroatoms. The van der Waals surface area contributed by atoms with Gasteiger partial charge >= 0.3 is 23.5 Å². The molecule has 2 saturated heterocycles. The second-order valence-corrected chi connectivity index (χ2v) is 11.4. The van der Waals surface area contributed by atoms with Crippen LogP contribution in [0.25, 0.3) is 0 Å². The van der Waals surface area contributed by atoms with Gasteiger partial charge in [-0.1, -0.05) is 24.0 Å². The van der Waals surface area contributed by atoms with Gasteiger partial charge in [-0.3, -0.25) is 33.5 Å². The number of nitrogens with one attached hydrogen (secondary N) is 3. The van der Waals surface area contributed by atoms with E-state index < -0.39 is 71.9 Å². The molecule has 0 spiro atoms. The van der Waals surface area contributed by atoms with Crippen LogP contribution in [0.2, 0.25) is 0 Å². The summed E-state index contributed by atoms with van der Waals surface area (Å²) in [6.07, 6.45) is -2.26. The van der Waals surface area contributed by atoms with Crippen molar-refractivity contribution < 1.29 is 47.1 Å². The molecule has 2 fully saturated rings. The van der Waals surface area contributed by atoms with Crippen LogP contribution in [0, 0.1) is 15.4 Å². The number of amides is 1. The van der Waals surface area contributed by atoms with Crippen molar-refractivity contribution in [2.75, 3.05) is 33.0 Å². The number of aliphatic hydroxyl groups is 2. The predicted octanol–water partition coefficient (Wildman–Crippen LogP) is -0.590. The van der Waals surface area contributed by atoms with Gasteiger partial charge in [-0.2, -0.15) is 13.2 Å². The number of carbonyl (C=O) groups excluding carboxylic acids is 1. The molecule has 4 heterocycles. The molecular weight excluding hydrogens is 778 g/mol. The Bertz CT molecular complexity index is 1780. The van der Waals surface area contributed by atoms with Crippen molar-refractivity contribution in [3.05, 3.63) is 88.5 Å². The van der Waals surface area contributed by atoms with Crippen LogP contribution >= 0.6 is 22.6 Å². The maximum atomic E-state index is 12.1. The highest BCUT2D eigenvalue weighted by atomic mass is 127. The molecule has 2 aromatic rings. The molecular formula is C29H33F3IN5O11. The second-order valence-electron chi connectivity index (χ2n) is 10.3. The smallest absolute Gasteiger partial charge is 0.394 e. The Morgan fingerprint density at radius 3 is 1.92 bits per heavy atom. The first-order valence-corrected chi connectivity index (χ1v) is 15.5. The summed E-state index contributed by atoms with van der Waals surface area (Å²) >= 11 is 1.84. The molecule has 16 nitrogen and oxygen atoms in total. The molecule has 49 heavy (non-hydrogen) atoms. The van der Waals surface area contributed by atoms with Crippen molar-refractivity contribution in [2.45, 2.75) is 55.9 Å². The molecule has 0 radical (unpaired) electrons. The summed E-state index contributed by atoms with van der Waals surface area (Å²) in [5.41, 5.74) is -2.83. The highest BCUT2D eigenvalue weighted by Gasteiger charge is 2.39. The van der Waals surface area contributed by atoms with Crippen molar-refractivity contribution >= 4 is 28.5 Å². The number of rotatable bonds is 11. The van der Waals surface area contributed by atoms with E-state index in [0.29, 0.717) is 16.6 Å². The van der Waals surface area contributed by atoms with E-state index in [9.17, 15) is 47.4 Å². The van der Waals surface area contributed by atoms with E-state index in [2.05, 4.69) is 30.0 Å². The topological polar surface area (TPSA) is 216 Å². The average molecular weight is 812 g/mol. The zero-order valence-electron chi connectivity index (χ0n) is 25.6. The largest absolute Gasteiger partial charge is 0.471 e. The van der Waals surface area contributed by atoms with Crippen LogP contribution in [0.5, 0.6) is 0 Å². The van der Waals surface area contributed by atoms with Gasteiger partial charge < -0.3 is 34.5 Å². The van der Waals surface area contributed by atoms with Gasteiger partial charge in [0.15, 0.2) is 0 Å². The lowest BCUT2D eigenvalue weighted by Gasteiger charge is -2.15. The van der Waals surface area contributed by atoms with Gasteiger partial charge in [0.05, 0.1) is 48.8 Å². The van der Waals surface area contributed by atoms with Crippen LogP contribution in [0.3, 0.4) is 0 Å². The lowest BCUT2D eigenvalue weighted by atomic mass is 10.2. The zero-order chi connectivity index (χ0) is 36.3. The monoisotopic (exact) mass is 811 g/mol.